The van der Waals surface area contributed by atoms with Crippen LogP contribution in [0.2, 0.25) is 0 Å². The van der Waals surface area contributed by atoms with Crippen LogP contribution in [0.3, 0.4) is 0 Å². The first-order valence-corrected chi connectivity index (χ1v) is 4.68. The van der Waals surface area contributed by atoms with Gasteiger partial charge in [0.05, 0.1) is 0 Å². The van der Waals surface area contributed by atoms with E-state index in [1.807, 2.05) is 0 Å². The Labute approximate surface area is 79.7 Å². The number of carbonyl (C=O) groups is 1. The number of hydrogen-bond donors (Lipinski definition) is 1. The van der Waals surface area contributed by atoms with Crippen molar-refractivity contribution in [3.05, 3.63) is 16.1 Å². The minimum Gasteiger partial charge on any atom is -0.336 e. The number of nitrogens with one attached hydrogen (secondary N) is 1. The molecule has 1 N–H and O–H groups in total. The molecule has 1 rings (SSSR count). The molecule has 0 saturated heterocycles. The van der Waals surface area contributed by atoms with Gasteiger partial charge in [-0.25, -0.2) is 4.98 Å². The van der Waals surface area contributed by atoms with Crippen LogP contribution in [0.5, 0.6) is 0 Å². The maximum Gasteiger partial charge on any atom is 0.175 e. The molecule has 0 aliphatic carbocycles. The number of rotatable bonds is 3. The standard InChI is InChI=1S/C8H11BrN2O/c1-3-5(2)7-6(4-12)10-8(9)11-7/h4-5H,3H2,1-2H3,(H,10,11). The van der Waals surface area contributed by atoms with Crippen LogP contribution in [0, 0.1) is 0 Å². The Balaban J connectivity index is 3.03. The van der Waals surface area contributed by atoms with Crippen LogP contribution in [-0.4, -0.2) is 16.3 Å². The number of aldehydes is 1. The summed E-state index contributed by atoms with van der Waals surface area (Å²) in [5, 5.41) is 0. The number of aromatic nitrogens is 2. The molecular formula is C8H11BrN2O. The van der Waals surface area contributed by atoms with Crippen molar-refractivity contribution in [3.63, 3.8) is 0 Å². The average molecular weight is 231 g/mol. The van der Waals surface area contributed by atoms with Gasteiger partial charge < -0.3 is 4.98 Å². The summed E-state index contributed by atoms with van der Waals surface area (Å²) in [5.74, 6) is 0.351. The zero-order chi connectivity index (χ0) is 9.14. The third-order valence-corrected chi connectivity index (χ3v) is 2.32. The minimum atomic E-state index is 0.351. The van der Waals surface area contributed by atoms with Gasteiger partial charge in [0.25, 0.3) is 0 Å². The minimum absolute atomic E-state index is 0.351. The third-order valence-electron chi connectivity index (χ3n) is 1.95. The maximum absolute atomic E-state index is 10.6. The Morgan fingerprint density at radius 2 is 2.42 bits per heavy atom. The summed E-state index contributed by atoms with van der Waals surface area (Å²) in [6, 6.07) is 0. The molecule has 66 valence electrons. The molecule has 12 heavy (non-hydrogen) atoms. The Hall–Kier alpha value is -0.640. The van der Waals surface area contributed by atoms with Gasteiger partial charge in [-0.1, -0.05) is 13.8 Å². The van der Waals surface area contributed by atoms with Crippen LogP contribution in [0.4, 0.5) is 0 Å². The van der Waals surface area contributed by atoms with Crippen molar-refractivity contribution < 1.29 is 4.79 Å². The Morgan fingerprint density at radius 3 is 2.92 bits per heavy atom. The van der Waals surface area contributed by atoms with E-state index in [-0.39, 0.29) is 0 Å². The highest BCUT2D eigenvalue weighted by molar-refractivity contribution is 9.10. The molecule has 0 saturated carbocycles. The molecule has 0 radical (unpaired) electrons. The van der Waals surface area contributed by atoms with Crippen LogP contribution >= 0.6 is 15.9 Å². The second kappa shape index (κ2) is 3.85. The predicted molar refractivity (Wildman–Crippen MR) is 50.4 cm³/mol. The molecular weight excluding hydrogens is 220 g/mol. The van der Waals surface area contributed by atoms with E-state index in [4.69, 9.17) is 0 Å². The highest BCUT2D eigenvalue weighted by Crippen LogP contribution is 2.21. The number of imidazole rings is 1. The zero-order valence-corrected chi connectivity index (χ0v) is 8.68. The van der Waals surface area contributed by atoms with E-state index in [0.717, 1.165) is 18.4 Å². The van der Waals surface area contributed by atoms with Crippen LogP contribution in [0.25, 0.3) is 0 Å². The van der Waals surface area contributed by atoms with Gasteiger partial charge >= 0.3 is 0 Å². The maximum atomic E-state index is 10.6. The van der Waals surface area contributed by atoms with Gasteiger partial charge in [-0.15, -0.1) is 0 Å². The van der Waals surface area contributed by atoms with Crippen LogP contribution in [-0.2, 0) is 0 Å². The molecule has 1 atom stereocenters. The van der Waals surface area contributed by atoms with Crippen molar-refractivity contribution in [2.75, 3.05) is 0 Å². The number of hydrogen-bond acceptors (Lipinski definition) is 2. The fraction of sp³-hybridized carbons (Fsp3) is 0.500. The van der Waals surface area contributed by atoms with E-state index < -0.39 is 0 Å². The zero-order valence-electron chi connectivity index (χ0n) is 7.10. The molecule has 1 aromatic heterocycles. The topological polar surface area (TPSA) is 45.8 Å². The monoisotopic (exact) mass is 230 g/mol. The summed E-state index contributed by atoms with van der Waals surface area (Å²) in [6.45, 7) is 4.14. The van der Waals surface area contributed by atoms with E-state index in [1.54, 1.807) is 0 Å². The summed E-state index contributed by atoms with van der Waals surface area (Å²) in [6.07, 6.45) is 1.78. The van der Waals surface area contributed by atoms with Gasteiger partial charge in [0, 0.05) is 5.69 Å². The SMILES string of the molecule is CCC(C)c1[nH]c(Br)nc1C=O. The second-order valence-corrected chi connectivity index (χ2v) is 3.50. The lowest BCUT2D eigenvalue weighted by Gasteiger charge is -2.04. The lowest BCUT2D eigenvalue weighted by molar-refractivity contribution is 0.111. The van der Waals surface area contributed by atoms with Gasteiger partial charge in [-0.2, -0.15) is 0 Å². The molecule has 1 aromatic rings. The van der Waals surface area contributed by atoms with Crippen molar-refractivity contribution in [1.29, 1.82) is 0 Å². The van der Waals surface area contributed by atoms with E-state index in [9.17, 15) is 4.79 Å². The highest BCUT2D eigenvalue weighted by atomic mass is 79.9. The molecule has 0 amide bonds. The van der Waals surface area contributed by atoms with Crippen molar-refractivity contribution in [2.24, 2.45) is 0 Å². The number of halogens is 1. The molecule has 0 bridgehead atoms. The smallest absolute Gasteiger partial charge is 0.175 e. The van der Waals surface area contributed by atoms with Crippen molar-refractivity contribution in [1.82, 2.24) is 9.97 Å². The normalized spacial score (nSPS) is 12.9. The quantitative estimate of drug-likeness (QED) is 0.812. The van der Waals surface area contributed by atoms with Crippen molar-refractivity contribution in [3.8, 4) is 0 Å². The summed E-state index contributed by atoms with van der Waals surface area (Å²) in [7, 11) is 0. The Kier molecular flexibility index (Phi) is 3.03. The first kappa shape index (κ1) is 9.45. The number of H-pyrrole nitrogens is 1. The first-order valence-electron chi connectivity index (χ1n) is 3.89. The van der Waals surface area contributed by atoms with E-state index in [2.05, 4.69) is 39.7 Å². The van der Waals surface area contributed by atoms with Gasteiger partial charge in [-0.05, 0) is 28.3 Å². The highest BCUT2D eigenvalue weighted by Gasteiger charge is 2.12. The van der Waals surface area contributed by atoms with Crippen molar-refractivity contribution in [2.45, 2.75) is 26.2 Å². The van der Waals surface area contributed by atoms with Gasteiger partial charge in [0.2, 0.25) is 0 Å². The van der Waals surface area contributed by atoms with Crippen LogP contribution < -0.4 is 0 Å². The summed E-state index contributed by atoms with van der Waals surface area (Å²) in [5.41, 5.74) is 1.43. The molecule has 4 heteroatoms. The summed E-state index contributed by atoms with van der Waals surface area (Å²) < 4.78 is 0.625. The van der Waals surface area contributed by atoms with E-state index in [1.165, 1.54) is 0 Å². The van der Waals surface area contributed by atoms with Gasteiger partial charge in [0.15, 0.2) is 11.0 Å². The first-order chi connectivity index (χ1) is 5.69. The fourth-order valence-corrected chi connectivity index (χ4v) is 1.44. The second-order valence-electron chi connectivity index (χ2n) is 2.75. The third kappa shape index (κ3) is 1.75. The van der Waals surface area contributed by atoms with Gasteiger partial charge in [-0.3, -0.25) is 4.79 Å². The predicted octanol–water partition coefficient (Wildman–Crippen LogP) is 2.50. The Morgan fingerprint density at radius 1 is 1.75 bits per heavy atom. The molecule has 0 aliphatic heterocycles. The molecule has 0 aromatic carbocycles. The summed E-state index contributed by atoms with van der Waals surface area (Å²) >= 11 is 3.20. The molecule has 0 spiro atoms. The average Bonchev–Trinajstić information content (AvgIpc) is 2.45. The summed E-state index contributed by atoms with van der Waals surface area (Å²) in [4.78, 5) is 17.6. The Bertz CT molecular complexity index is 283. The molecule has 1 heterocycles. The lowest BCUT2D eigenvalue weighted by Crippen LogP contribution is -1.96. The van der Waals surface area contributed by atoms with E-state index in [0.29, 0.717) is 16.3 Å². The number of nitrogens with zero attached hydrogens (tertiary/aromatic N) is 1. The fourth-order valence-electron chi connectivity index (χ4n) is 1.04. The number of carbonyl (C=O) groups excluding carboxylic acids is 1. The molecule has 1 unspecified atom stereocenters. The van der Waals surface area contributed by atoms with Crippen LogP contribution in [0.15, 0.2) is 4.73 Å². The van der Waals surface area contributed by atoms with Crippen molar-refractivity contribution >= 4 is 22.2 Å². The largest absolute Gasteiger partial charge is 0.336 e. The number of aromatic amines is 1. The molecule has 0 fully saturated rings. The van der Waals surface area contributed by atoms with E-state index >= 15 is 0 Å². The lowest BCUT2D eigenvalue weighted by atomic mass is 10.0. The molecule has 0 aliphatic rings. The van der Waals surface area contributed by atoms with Crippen LogP contribution in [0.1, 0.15) is 42.4 Å². The van der Waals surface area contributed by atoms with Gasteiger partial charge in [0.1, 0.15) is 5.69 Å². The molecule has 3 nitrogen and oxygen atoms in total.